The molecule has 3 fully saturated rings. The highest BCUT2D eigenvalue weighted by molar-refractivity contribution is 6.19. The lowest BCUT2D eigenvalue weighted by Gasteiger charge is -2.47. The molecule has 116 valence electrons. The summed E-state index contributed by atoms with van der Waals surface area (Å²) in [6.45, 7) is 0. The van der Waals surface area contributed by atoms with Gasteiger partial charge in [0, 0.05) is 0 Å². The lowest BCUT2D eigenvalue weighted by molar-refractivity contribution is -0.156. The molecule has 0 atom stereocenters. The molecule has 21 heavy (non-hydrogen) atoms. The van der Waals surface area contributed by atoms with E-state index in [1.165, 1.54) is 12.8 Å². The van der Waals surface area contributed by atoms with Crippen molar-refractivity contribution in [2.24, 2.45) is 17.3 Å². The molecule has 5 heteroatoms. The van der Waals surface area contributed by atoms with Crippen molar-refractivity contribution < 1.29 is 14.4 Å². The highest BCUT2D eigenvalue weighted by Gasteiger charge is 2.59. The average molecular weight is 292 g/mol. The highest BCUT2D eigenvalue weighted by atomic mass is 16.2. The summed E-state index contributed by atoms with van der Waals surface area (Å²) in [5, 5.41) is 4.77. The number of amides is 4. The van der Waals surface area contributed by atoms with Gasteiger partial charge in [-0.05, 0) is 37.5 Å². The second-order valence-electron chi connectivity index (χ2n) is 6.78. The first kappa shape index (κ1) is 14.5. The van der Waals surface area contributed by atoms with Gasteiger partial charge in [-0.15, -0.1) is 0 Å². The standard InChI is InChI=1S/C16H24N2O3/c19-13-16(11-7-3-1-4-8-11,12-9-5-2-6-10-12)14(20)18-15(21)17-13/h11-12H,1-10H2,(H2,17,18,19,20,21). The number of urea groups is 1. The predicted molar refractivity (Wildman–Crippen MR) is 77.3 cm³/mol. The van der Waals surface area contributed by atoms with Crippen LogP contribution in [0.2, 0.25) is 0 Å². The van der Waals surface area contributed by atoms with Crippen LogP contribution in [0.15, 0.2) is 0 Å². The first-order valence-corrected chi connectivity index (χ1v) is 8.32. The molecule has 3 rings (SSSR count). The van der Waals surface area contributed by atoms with Crippen LogP contribution in [0.4, 0.5) is 4.79 Å². The highest BCUT2D eigenvalue weighted by Crippen LogP contribution is 2.50. The number of barbiturate groups is 1. The normalized spacial score (nSPS) is 28.1. The quantitative estimate of drug-likeness (QED) is 0.768. The molecule has 0 aromatic heterocycles. The maximum atomic E-state index is 12.7. The second kappa shape index (κ2) is 5.78. The van der Waals surface area contributed by atoms with E-state index < -0.39 is 11.4 Å². The summed E-state index contributed by atoms with van der Waals surface area (Å²) in [4.78, 5) is 37.0. The molecule has 1 saturated heterocycles. The lowest BCUT2D eigenvalue weighted by Crippen LogP contribution is -2.67. The summed E-state index contributed by atoms with van der Waals surface area (Å²) in [5.74, 6) is -0.505. The zero-order valence-corrected chi connectivity index (χ0v) is 12.5. The molecule has 0 unspecified atom stereocenters. The Morgan fingerprint density at radius 2 is 1.05 bits per heavy atom. The molecule has 0 aromatic rings. The van der Waals surface area contributed by atoms with E-state index in [2.05, 4.69) is 10.6 Å². The second-order valence-corrected chi connectivity index (χ2v) is 6.78. The topological polar surface area (TPSA) is 75.3 Å². The molecule has 0 bridgehead atoms. The van der Waals surface area contributed by atoms with E-state index in [1.54, 1.807) is 0 Å². The molecular formula is C16H24N2O3. The van der Waals surface area contributed by atoms with Crippen LogP contribution in [-0.2, 0) is 9.59 Å². The molecule has 5 nitrogen and oxygen atoms in total. The van der Waals surface area contributed by atoms with E-state index in [4.69, 9.17) is 0 Å². The minimum atomic E-state index is -1.01. The van der Waals surface area contributed by atoms with Crippen LogP contribution in [0.5, 0.6) is 0 Å². The SMILES string of the molecule is O=C1NC(=O)C(C2CCCCC2)(C2CCCCC2)C(=O)N1. The summed E-state index contributed by atoms with van der Waals surface area (Å²) in [6.07, 6.45) is 10.4. The van der Waals surface area contributed by atoms with Crippen LogP contribution in [0.25, 0.3) is 0 Å². The Morgan fingerprint density at radius 1 is 0.667 bits per heavy atom. The van der Waals surface area contributed by atoms with Crippen molar-refractivity contribution in [3.8, 4) is 0 Å². The van der Waals surface area contributed by atoms with Crippen molar-refractivity contribution in [1.82, 2.24) is 10.6 Å². The summed E-state index contributed by atoms with van der Waals surface area (Å²) in [7, 11) is 0. The van der Waals surface area contributed by atoms with E-state index in [1.807, 2.05) is 0 Å². The van der Waals surface area contributed by atoms with Gasteiger partial charge in [-0.1, -0.05) is 38.5 Å². The maximum Gasteiger partial charge on any atom is 0.328 e. The molecule has 4 amide bonds. The number of carbonyl (C=O) groups excluding carboxylic acids is 3. The summed E-state index contributed by atoms with van der Waals surface area (Å²) in [6, 6.07) is -0.660. The van der Waals surface area contributed by atoms with Crippen LogP contribution in [0, 0.1) is 17.3 Å². The Hall–Kier alpha value is -1.39. The first-order chi connectivity index (χ1) is 10.2. The largest absolute Gasteiger partial charge is 0.328 e. The van der Waals surface area contributed by atoms with Crippen LogP contribution in [-0.4, -0.2) is 17.8 Å². The fraction of sp³-hybridized carbons (Fsp3) is 0.812. The molecule has 2 N–H and O–H groups in total. The molecule has 0 spiro atoms. The minimum absolute atomic E-state index is 0.0856. The van der Waals surface area contributed by atoms with Crippen molar-refractivity contribution in [3.05, 3.63) is 0 Å². The Balaban J connectivity index is 1.98. The molecule has 3 aliphatic rings. The molecule has 1 aliphatic heterocycles. The molecular weight excluding hydrogens is 268 g/mol. The fourth-order valence-electron chi connectivity index (χ4n) is 4.74. The molecule has 2 aliphatic carbocycles. The average Bonchev–Trinajstić information content (AvgIpc) is 2.49. The number of hydrogen-bond acceptors (Lipinski definition) is 3. The van der Waals surface area contributed by atoms with E-state index in [-0.39, 0.29) is 23.7 Å². The van der Waals surface area contributed by atoms with Crippen LogP contribution in [0.1, 0.15) is 64.2 Å². The van der Waals surface area contributed by atoms with Gasteiger partial charge in [-0.3, -0.25) is 20.2 Å². The van der Waals surface area contributed by atoms with Crippen LogP contribution >= 0.6 is 0 Å². The molecule has 0 radical (unpaired) electrons. The van der Waals surface area contributed by atoms with Gasteiger partial charge in [0.05, 0.1) is 0 Å². The van der Waals surface area contributed by atoms with Gasteiger partial charge in [-0.25, -0.2) is 4.79 Å². The third-order valence-corrected chi connectivity index (χ3v) is 5.70. The van der Waals surface area contributed by atoms with Gasteiger partial charge < -0.3 is 0 Å². The summed E-state index contributed by atoms with van der Waals surface area (Å²) < 4.78 is 0. The maximum absolute atomic E-state index is 12.7. The van der Waals surface area contributed by atoms with Gasteiger partial charge in [0.1, 0.15) is 5.41 Å². The molecule has 0 aromatic carbocycles. The molecule has 2 saturated carbocycles. The first-order valence-electron chi connectivity index (χ1n) is 8.32. The van der Waals surface area contributed by atoms with Gasteiger partial charge in [-0.2, -0.15) is 0 Å². The lowest BCUT2D eigenvalue weighted by atomic mass is 9.57. The van der Waals surface area contributed by atoms with Crippen LogP contribution in [0.3, 0.4) is 0 Å². The predicted octanol–water partition coefficient (Wildman–Crippen LogP) is 2.50. The van der Waals surface area contributed by atoms with Crippen LogP contribution < -0.4 is 10.6 Å². The van der Waals surface area contributed by atoms with Crippen molar-refractivity contribution in [2.75, 3.05) is 0 Å². The fourth-order valence-corrected chi connectivity index (χ4v) is 4.74. The number of imide groups is 2. The number of hydrogen-bond donors (Lipinski definition) is 2. The van der Waals surface area contributed by atoms with E-state index in [0.717, 1.165) is 51.4 Å². The Bertz CT molecular complexity index is 408. The van der Waals surface area contributed by atoms with Crippen molar-refractivity contribution in [1.29, 1.82) is 0 Å². The smallest absolute Gasteiger partial charge is 0.277 e. The zero-order valence-electron chi connectivity index (χ0n) is 12.5. The van der Waals surface area contributed by atoms with E-state index >= 15 is 0 Å². The Kier molecular flexibility index (Phi) is 4.00. The number of nitrogens with one attached hydrogen (secondary N) is 2. The van der Waals surface area contributed by atoms with E-state index in [9.17, 15) is 14.4 Å². The zero-order chi connectivity index (χ0) is 14.9. The van der Waals surface area contributed by atoms with Gasteiger partial charge in [0.15, 0.2) is 0 Å². The van der Waals surface area contributed by atoms with Gasteiger partial charge >= 0.3 is 6.03 Å². The third-order valence-electron chi connectivity index (χ3n) is 5.70. The summed E-state index contributed by atoms with van der Waals surface area (Å²) >= 11 is 0. The van der Waals surface area contributed by atoms with Gasteiger partial charge in [0.25, 0.3) is 0 Å². The number of carbonyl (C=O) groups is 3. The Labute approximate surface area is 125 Å². The monoisotopic (exact) mass is 292 g/mol. The van der Waals surface area contributed by atoms with Crippen molar-refractivity contribution >= 4 is 17.8 Å². The minimum Gasteiger partial charge on any atom is -0.277 e. The third kappa shape index (κ3) is 2.36. The van der Waals surface area contributed by atoms with E-state index in [0.29, 0.717) is 0 Å². The van der Waals surface area contributed by atoms with Gasteiger partial charge in [0.2, 0.25) is 11.8 Å². The van der Waals surface area contributed by atoms with Crippen molar-refractivity contribution in [3.63, 3.8) is 0 Å². The van der Waals surface area contributed by atoms with Crippen molar-refractivity contribution in [2.45, 2.75) is 64.2 Å². The molecule has 1 heterocycles. The number of rotatable bonds is 2. The summed E-state index contributed by atoms with van der Waals surface area (Å²) in [5.41, 5.74) is -1.01. The Morgan fingerprint density at radius 3 is 1.43 bits per heavy atom.